The van der Waals surface area contributed by atoms with Gasteiger partial charge >= 0.3 is 5.97 Å². The van der Waals surface area contributed by atoms with Gasteiger partial charge < -0.3 is 14.8 Å². The summed E-state index contributed by atoms with van der Waals surface area (Å²) in [7, 11) is 1.60. The Morgan fingerprint density at radius 2 is 1.90 bits per heavy atom. The number of esters is 1. The highest BCUT2D eigenvalue weighted by Crippen LogP contribution is 2.26. The summed E-state index contributed by atoms with van der Waals surface area (Å²) in [5.41, 5.74) is 1.83. The highest BCUT2D eigenvalue weighted by atomic mass is 32.2. The smallest absolute Gasteiger partial charge is 0.338 e. The van der Waals surface area contributed by atoms with Crippen LogP contribution in [0.25, 0.3) is 5.69 Å². The van der Waals surface area contributed by atoms with Crippen LogP contribution < -0.4 is 10.1 Å². The van der Waals surface area contributed by atoms with Crippen molar-refractivity contribution in [3.05, 3.63) is 60.4 Å². The Labute approximate surface area is 178 Å². The van der Waals surface area contributed by atoms with Crippen LogP contribution in [0.1, 0.15) is 23.7 Å². The molecule has 30 heavy (non-hydrogen) atoms. The molecular formula is C21H22N4O4S. The molecule has 3 aromatic rings. The van der Waals surface area contributed by atoms with E-state index in [-0.39, 0.29) is 17.6 Å². The molecule has 0 aliphatic carbocycles. The highest BCUT2D eigenvalue weighted by Gasteiger charge is 2.13. The summed E-state index contributed by atoms with van der Waals surface area (Å²) in [5.74, 6) is 0.256. The molecule has 156 valence electrons. The Morgan fingerprint density at radius 3 is 2.63 bits per heavy atom. The molecule has 8 nitrogen and oxygen atoms in total. The second kappa shape index (κ2) is 10.4. The largest absolute Gasteiger partial charge is 0.495 e. The molecule has 0 spiro atoms. The lowest BCUT2D eigenvalue weighted by Gasteiger charge is -2.10. The topological polar surface area (TPSA) is 95.3 Å². The van der Waals surface area contributed by atoms with Gasteiger partial charge in [-0.3, -0.25) is 9.36 Å². The van der Waals surface area contributed by atoms with E-state index in [9.17, 15) is 9.59 Å². The SMILES string of the molecule is CCCOC(=O)c1ccc(NC(=O)CSc2nncn2-c2ccccc2OC)cc1. The molecular weight excluding hydrogens is 404 g/mol. The monoisotopic (exact) mass is 426 g/mol. The third-order valence-electron chi connectivity index (χ3n) is 4.04. The van der Waals surface area contributed by atoms with Gasteiger partial charge in [-0.1, -0.05) is 30.8 Å². The van der Waals surface area contributed by atoms with Crippen LogP contribution in [0.4, 0.5) is 5.69 Å². The van der Waals surface area contributed by atoms with E-state index < -0.39 is 0 Å². The molecule has 0 atom stereocenters. The Balaban J connectivity index is 1.58. The number of methoxy groups -OCH3 is 1. The number of nitrogens with zero attached hydrogens (tertiary/aromatic N) is 3. The van der Waals surface area contributed by atoms with Crippen molar-refractivity contribution < 1.29 is 19.1 Å². The third-order valence-corrected chi connectivity index (χ3v) is 4.98. The normalized spacial score (nSPS) is 10.5. The van der Waals surface area contributed by atoms with Gasteiger partial charge in [0.15, 0.2) is 5.16 Å². The Kier molecular flexibility index (Phi) is 7.45. The standard InChI is InChI=1S/C21H22N4O4S/c1-3-12-29-20(27)15-8-10-16(11-9-15)23-19(26)13-30-21-24-22-14-25(21)17-6-4-5-7-18(17)28-2/h4-11,14H,3,12-13H2,1-2H3,(H,23,26). The fourth-order valence-electron chi connectivity index (χ4n) is 2.61. The van der Waals surface area contributed by atoms with Gasteiger partial charge in [-0.2, -0.15) is 0 Å². The van der Waals surface area contributed by atoms with E-state index in [0.717, 1.165) is 12.1 Å². The van der Waals surface area contributed by atoms with E-state index in [4.69, 9.17) is 9.47 Å². The number of amides is 1. The van der Waals surface area contributed by atoms with Crippen molar-refractivity contribution in [2.75, 3.05) is 24.8 Å². The maximum absolute atomic E-state index is 12.3. The minimum absolute atomic E-state index is 0.147. The number of carbonyl (C=O) groups excluding carboxylic acids is 2. The van der Waals surface area contributed by atoms with Crippen LogP contribution in [-0.4, -0.2) is 46.1 Å². The van der Waals surface area contributed by atoms with E-state index in [1.54, 1.807) is 42.3 Å². The molecule has 0 aliphatic rings. The van der Waals surface area contributed by atoms with Crippen molar-refractivity contribution in [2.45, 2.75) is 18.5 Å². The van der Waals surface area contributed by atoms with Gasteiger partial charge in [-0.15, -0.1) is 10.2 Å². The van der Waals surface area contributed by atoms with Crippen LogP contribution >= 0.6 is 11.8 Å². The van der Waals surface area contributed by atoms with Gasteiger partial charge in [0.2, 0.25) is 5.91 Å². The lowest BCUT2D eigenvalue weighted by atomic mass is 10.2. The Bertz CT molecular complexity index is 1000. The zero-order valence-electron chi connectivity index (χ0n) is 16.7. The first kappa shape index (κ1) is 21.4. The highest BCUT2D eigenvalue weighted by molar-refractivity contribution is 7.99. The summed E-state index contributed by atoms with van der Waals surface area (Å²) in [5, 5.41) is 11.4. The predicted octanol–water partition coefficient (Wildman–Crippen LogP) is 3.57. The second-order valence-electron chi connectivity index (χ2n) is 6.21. The van der Waals surface area contributed by atoms with E-state index in [1.807, 2.05) is 31.2 Å². The molecule has 0 unspecified atom stereocenters. The van der Waals surface area contributed by atoms with Crippen LogP contribution in [0, 0.1) is 0 Å². The molecule has 0 saturated heterocycles. The lowest BCUT2D eigenvalue weighted by molar-refractivity contribution is -0.113. The van der Waals surface area contributed by atoms with E-state index in [1.165, 1.54) is 11.8 Å². The van der Waals surface area contributed by atoms with Crippen molar-refractivity contribution in [1.82, 2.24) is 14.8 Å². The molecule has 1 N–H and O–H groups in total. The summed E-state index contributed by atoms with van der Waals surface area (Å²) in [6, 6.07) is 14.1. The summed E-state index contributed by atoms with van der Waals surface area (Å²) < 4.78 is 12.2. The molecule has 2 aromatic carbocycles. The number of nitrogens with one attached hydrogen (secondary N) is 1. The van der Waals surface area contributed by atoms with Gasteiger partial charge in [0.1, 0.15) is 12.1 Å². The average Bonchev–Trinajstić information content (AvgIpc) is 3.25. The number of thioether (sulfide) groups is 1. The van der Waals surface area contributed by atoms with Gasteiger partial charge in [-0.05, 0) is 42.8 Å². The van der Waals surface area contributed by atoms with Crippen molar-refractivity contribution in [3.63, 3.8) is 0 Å². The van der Waals surface area contributed by atoms with Crippen LogP contribution in [-0.2, 0) is 9.53 Å². The number of rotatable bonds is 9. The van der Waals surface area contributed by atoms with Crippen LogP contribution in [0.15, 0.2) is 60.0 Å². The number of carbonyl (C=O) groups is 2. The molecule has 0 saturated carbocycles. The van der Waals surface area contributed by atoms with E-state index in [2.05, 4.69) is 15.5 Å². The minimum atomic E-state index is -0.374. The van der Waals surface area contributed by atoms with Crippen molar-refractivity contribution in [3.8, 4) is 11.4 Å². The molecule has 0 radical (unpaired) electrons. The molecule has 1 amide bonds. The number of benzene rings is 2. The summed E-state index contributed by atoms with van der Waals surface area (Å²) in [6.07, 6.45) is 2.34. The zero-order chi connectivity index (χ0) is 21.3. The molecule has 1 aromatic heterocycles. The fraction of sp³-hybridized carbons (Fsp3) is 0.238. The number of ether oxygens (including phenoxy) is 2. The van der Waals surface area contributed by atoms with Crippen molar-refractivity contribution in [2.24, 2.45) is 0 Å². The summed E-state index contributed by atoms with van der Waals surface area (Å²) in [4.78, 5) is 24.2. The van der Waals surface area contributed by atoms with Crippen LogP contribution in [0.5, 0.6) is 5.75 Å². The number of hydrogen-bond donors (Lipinski definition) is 1. The van der Waals surface area contributed by atoms with Gasteiger partial charge in [-0.25, -0.2) is 4.79 Å². The maximum Gasteiger partial charge on any atom is 0.338 e. The predicted molar refractivity (Wildman–Crippen MR) is 114 cm³/mol. The molecule has 0 fully saturated rings. The maximum atomic E-state index is 12.3. The second-order valence-corrected chi connectivity index (χ2v) is 7.15. The first-order chi connectivity index (χ1) is 14.6. The minimum Gasteiger partial charge on any atom is -0.495 e. The van der Waals surface area contributed by atoms with Crippen LogP contribution in [0.3, 0.4) is 0 Å². The van der Waals surface area contributed by atoms with Crippen molar-refractivity contribution in [1.29, 1.82) is 0 Å². The average molecular weight is 426 g/mol. The molecule has 1 heterocycles. The molecule has 0 aliphatic heterocycles. The molecule has 9 heteroatoms. The van der Waals surface area contributed by atoms with Gasteiger partial charge in [0, 0.05) is 5.69 Å². The Morgan fingerprint density at radius 1 is 1.13 bits per heavy atom. The van der Waals surface area contributed by atoms with Crippen molar-refractivity contribution >= 4 is 29.3 Å². The molecule has 0 bridgehead atoms. The van der Waals surface area contributed by atoms with E-state index >= 15 is 0 Å². The summed E-state index contributed by atoms with van der Waals surface area (Å²) in [6.45, 7) is 2.32. The quantitative estimate of drug-likeness (QED) is 0.413. The fourth-order valence-corrected chi connectivity index (χ4v) is 3.33. The first-order valence-corrected chi connectivity index (χ1v) is 10.3. The first-order valence-electron chi connectivity index (χ1n) is 9.35. The van der Waals surface area contributed by atoms with E-state index in [0.29, 0.717) is 28.8 Å². The number of anilines is 1. The number of para-hydroxylation sites is 2. The Hall–Kier alpha value is -3.33. The number of hydrogen-bond acceptors (Lipinski definition) is 7. The number of aromatic nitrogens is 3. The lowest BCUT2D eigenvalue weighted by Crippen LogP contribution is -2.15. The third kappa shape index (κ3) is 5.38. The van der Waals surface area contributed by atoms with Gasteiger partial charge in [0.05, 0.1) is 30.7 Å². The molecule has 3 rings (SSSR count). The zero-order valence-corrected chi connectivity index (χ0v) is 17.5. The van der Waals surface area contributed by atoms with Crippen LogP contribution in [0.2, 0.25) is 0 Å². The van der Waals surface area contributed by atoms with Gasteiger partial charge in [0.25, 0.3) is 0 Å². The summed E-state index contributed by atoms with van der Waals surface area (Å²) >= 11 is 1.26.